The Morgan fingerprint density at radius 1 is 1.31 bits per heavy atom. The quantitative estimate of drug-likeness (QED) is 0.661. The van der Waals surface area contributed by atoms with Gasteiger partial charge in [0.1, 0.15) is 5.82 Å². The van der Waals surface area contributed by atoms with E-state index < -0.39 is 0 Å². The van der Waals surface area contributed by atoms with Gasteiger partial charge in [-0.3, -0.25) is 0 Å². The van der Waals surface area contributed by atoms with E-state index in [1.807, 2.05) is 12.1 Å². The molecule has 72 valence electrons. The Bertz CT molecular complexity index is 276. The third kappa shape index (κ3) is 2.55. The molecular weight excluding hydrogens is 163 g/mol. The van der Waals surface area contributed by atoms with Crippen molar-refractivity contribution in [3.63, 3.8) is 0 Å². The molecule has 0 unspecified atom stereocenters. The normalized spacial score (nSPS) is 10.8. The van der Waals surface area contributed by atoms with E-state index in [4.69, 9.17) is 0 Å². The summed E-state index contributed by atoms with van der Waals surface area (Å²) in [5.74, 6) is 0.359. The fraction of sp³-hybridized carbons (Fsp3) is 0.500. The Hall–Kier alpha value is -0.850. The van der Waals surface area contributed by atoms with E-state index in [1.54, 1.807) is 6.07 Å². The number of hydrogen-bond acceptors (Lipinski definition) is 0. The lowest BCUT2D eigenvalue weighted by molar-refractivity contribution is 0.603. The summed E-state index contributed by atoms with van der Waals surface area (Å²) in [7, 11) is 0. The second-order valence-electron chi connectivity index (χ2n) is 3.76. The molecule has 0 atom stereocenters. The topological polar surface area (TPSA) is 0 Å². The minimum Gasteiger partial charge on any atom is -0.207 e. The summed E-state index contributed by atoms with van der Waals surface area (Å²) in [5.41, 5.74) is 1.92. The lowest BCUT2D eigenvalue weighted by Gasteiger charge is -2.07. The third-order valence-electron chi connectivity index (χ3n) is 2.26. The van der Waals surface area contributed by atoms with E-state index in [0.717, 1.165) is 24.0 Å². The zero-order chi connectivity index (χ0) is 9.84. The van der Waals surface area contributed by atoms with Gasteiger partial charge in [0.05, 0.1) is 0 Å². The summed E-state index contributed by atoms with van der Waals surface area (Å²) in [4.78, 5) is 0. The Morgan fingerprint density at radius 3 is 2.46 bits per heavy atom. The Labute approximate surface area is 79.8 Å². The van der Waals surface area contributed by atoms with E-state index in [0.29, 0.717) is 5.92 Å². The molecule has 0 nitrogen and oxygen atoms in total. The molecular formula is C12H17F. The molecule has 1 aromatic rings. The number of rotatable bonds is 3. The van der Waals surface area contributed by atoms with Crippen molar-refractivity contribution >= 4 is 0 Å². The minimum atomic E-state index is -0.0481. The largest absolute Gasteiger partial charge is 0.207 e. The van der Waals surface area contributed by atoms with Crippen LogP contribution in [0.4, 0.5) is 4.39 Å². The number of aryl methyl sites for hydroxylation is 1. The summed E-state index contributed by atoms with van der Waals surface area (Å²) in [5, 5.41) is 0. The Morgan fingerprint density at radius 2 is 2.00 bits per heavy atom. The Balaban J connectivity index is 2.92. The van der Waals surface area contributed by atoms with Crippen LogP contribution in [-0.4, -0.2) is 0 Å². The van der Waals surface area contributed by atoms with Gasteiger partial charge in [-0.15, -0.1) is 0 Å². The molecule has 13 heavy (non-hydrogen) atoms. The molecule has 0 fully saturated rings. The first kappa shape index (κ1) is 10.2. The van der Waals surface area contributed by atoms with Crippen molar-refractivity contribution in [2.75, 3.05) is 0 Å². The average molecular weight is 180 g/mol. The molecule has 0 bridgehead atoms. The van der Waals surface area contributed by atoms with Crippen molar-refractivity contribution in [2.24, 2.45) is 0 Å². The van der Waals surface area contributed by atoms with E-state index in [1.165, 1.54) is 0 Å². The van der Waals surface area contributed by atoms with E-state index in [-0.39, 0.29) is 5.82 Å². The van der Waals surface area contributed by atoms with Gasteiger partial charge in [-0.25, -0.2) is 4.39 Å². The first-order valence-corrected chi connectivity index (χ1v) is 4.93. The molecule has 1 aromatic carbocycles. The monoisotopic (exact) mass is 180 g/mol. The van der Waals surface area contributed by atoms with Crippen LogP contribution in [0.3, 0.4) is 0 Å². The smallest absolute Gasteiger partial charge is 0.126 e. The lowest BCUT2D eigenvalue weighted by atomic mass is 10.00. The molecule has 0 heterocycles. The second kappa shape index (κ2) is 4.40. The lowest BCUT2D eigenvalue weighted by Crippen LogP contribution is -1.94. The van der Waals surface area contributed by atoms with Crippen molar-refractivity contribution in [1.29, 1.82) is 0 Å². The van der Waals surface area contributed by atoms with Crippen molar-refractivity contribution in [3.8, 4) is 0 Å². The molecule has 0 aliphatic rings. The fourth-order valence-electron chi connectivity index (χ4n) is 1.39. The molecule has 0 amide bonds. The standard InChI is InChI=1S/C12H17F/c1-4-5-10-6-7-11(9(2)3)8-12(10)13/h6-9H,4-5H2,1-3H3. The van der Waals surface area contributed by atoms with Gasteiger partial charge in [-0.2, -0.15) is 0 Å². The van der Waals surface area contributed by atoms with Gasteiger partial charge in [0.25, 0.3) is 0 Å². The maximum atomic E-state index is 13.4. The van der Waals surface area contributed by atoms with Crippen LogP contribution in [0.5, 0.6) is 0 Å². The molecule has 1 rings (SSSR count). The van der Waals surface area contributed by atoms with Crippen LogP contribution in [0.15, 0.2) is 18.2 Å². The summed E-state index contributed by atoms with van der Waals surface area (Å²) < 4.78 is 13.4. The van der Waals surface area contributed by atoms with Crippen LogP contribution in [0.1, 0.15) is 44.2 Å². The van der Waals surface area contributed by atoms with Crippen LogP contribution >= 0.6 is 0 Å². The number of hydrogen-bond donors (Lipinski definition) is 0. The molecule has 0 aliphatic carbocycles. The summed E-state index contributed by atoms with van der Waals surface area (Å²) in [6, 6.07) is 5.60. The van der Waals surface area contributed by atoms with Crippen LogP contribution in [0.25, 0.3) is 0 Å². The highest BCUT2D eigenvalue weighted by Gasteiger charge is 2.04. The van der Waals surface area contributed by atoms with Gasteiger partial charge < -0.3 is 0 Å². The number of halogens is 1. The SMILES string of the molecule is CCCc1ccc(C(C)C)cc1F. The van der Waals surface area contributed by atoms with Gasteiger partial charge in [-0.05, 0) is 29.5 Å². The highest BCUT2D eigenvalue weighted by Crippen LogP contribution is 2.18. The maximum absolute atomic E-state index is 13.4. The van der Waals surface area contributed by atoms with Gasteiger partial charge >= 0.3 is 0 Å². The highest BCUT2D eigenvalue weighted by molar-refractivity contribution is 5.26. The zero-order valence-electron chi connectivity index (χ0n) is 8.60. The van der Waals surface area contributed by atoms with Crippen molar-refractivity contribution in [2.45, 2.75) is 39.5 Å². The van der Waals surface area contributed by atoms with E-state index >= 15 is 0 Å². The molecule has 0 spiro atoms. The van der Waals surface area contributed by atoms with Gasteiger partial charge in [0, 0.05) is 0 Å². The second-order valence-corrected chi connectivity index (χ2v) is 3.76. The van der Waals surface area contributed by atoms with Crippen LogP contribution < -0.4 is 0 Å². The molecule has 0 radical (unpaired) electrons. The van der Waals surface area contributed by atoms with Crippen molar-refractivity contribution < 1.29 is 4.39 Å². The van der Waals surface area contributed by atoms with E-state index in [9.17, 15) is 4.39 Å². The van der Waals surface area contributed by atoms with Gasteiger partial charge in [0.2, 0.25) is 0 Å². The average Bonchev–Trinajstić information content (AvgIpc) is 2.08. The predicted molar refractivity (Wildman–Crippen MR) is 54.5 cm³/mol. The van der Waals surface area contributed by atoms with Gasteiger partial charge in [-0.1, -0.05) is 39.3 Å². The highest BCUT2D eigenvalue weighted by atomic mass is 19.1. The van der Waals surface area contributed by atoms with Crippen LogP contribution in [-0.2, 0) is 6.42 Å². The summed E-state index contributed by atoms with van der Waals surface area (Å²) >= 11 is 0. The molecule has 0 aliphatic heterocycles. The zero-order valence-corrected chi connectivity index (χ0v) is 8.60. The van der Waals surface area contributed by atoms with Gasteiger partial charge in [0.15, 0.2) is 0 Å². The molecule has 0 saturated heterocycles. The predicted octanol–water partition coefficient (Wildman–Crippen LogP) is 3.90. The Kier molecular flexibility index (Phi) is 3.47. The van der Waals surface area contributed by atoms with Crippen molar-refractivity contribution in [3.05, 3.63) is 35.1 Å². The first-order valence-electron chi connectivity index (χ1n) is 4.93. The van der Waals surface area contributed by atoms with Crippen molar-refractivity contribution in [1.82, 2.24) is 0 Å². The number of benzene rings is 1. The molecule has 0 saturated carbocycles. The third-order valence-corrected chi connectivity index (χ3v) is 2.26. The summed E-state index contributed by atoms with van der Waals surface area (Å²) in [6.07, 6.45) is 1.84. The van der Waals surface area contributed by atoms with Crippen LogP contribution in [0.2, 0.25) is 0 Å². The fourth-order valence-corrected chi connectivity index (χ4v) is 1.39. The maximum Gasteiger partial charge on any atom is 0.126 e. The summed E-state index contributed by atoms with van der Waals surface area (Å²) in [6.45, 7) is 6.22. The first-order chi connectivity index (χ1) is 6.15. The molecule has 1 heteroatoms. The van der Waals surface area contributed by atoms with Crippen LogP contribution in [0, 0.1) is 5.82 Å². The molecule has 0 N–H and O–H groups in total. The molecule has 0 aromatic heterocycles. The van der Waals surface area contributed by atoms with E-state index in [2.05, 4.69) is 20.8 Å². The minimum absolute atomic E-state index is 0.0481.